The molecule has 2 N–H and O–H groups in total. The van der Waals surface area contributed by atoms with Gasteiger partial charge in [-0.1, -0.05) is 24.3 Å². The molecule has 3 aromatic carbocycles. The summed E-state index contributed by atoms with van der Waals surface area (Å²) in [5, 5.41) is 11.8. The fourth-order valence-electron chi connectivity index (χ4n) is 2.79. The number of nitriles is 1. The van der Waals surface area contributed by atoms with Crippen LogP contribution in [0.3, 0.4) is 0 Å². The van der Waals surface area contributed by atoms with Gasteiger partial charge in [0.1, 0.15) is 11.9 Å². The molecule has 0 aliphatic heterocycles. The standard InChI is InChI=1S/C22H18FN3O3S/c1-15-12-19(23)10-11-20(15)26-22(27)17-8-6-16(7-9-17)14-25-30(28,29)21-5-3-2-4-18(21)13-24/h2-12,25H,14H2,1H3,(H,26,27). The van der Waals surface area contributed by atoms with E-state index in [4.69, 9.17) is 5.26 Å². The molecule has 0 radical (unpaired) electrons. The number of benzene rings is 3. The highest BCUT2D eigenvalue weighted by Gasteiger charge is 2.18. The largest absolute Gasteiger partial charge is 0.322 e. The van der Waals surface area contributed by atoms with Crippen molar-refractivity contribution in [1.29, 1.82) is 5.26 Å². The van der Waals surface area contributed by atoms with Gasteiger partial charge in [0.05, 0.1) is 10.5 Å². The van der Waals surface area contributed by atoms with E-state index in [2.05, 4.69) is 10.0 Å². The van der Waals surface area contributed by atoms with Crippen molar-refractivity contribution in [3.63, 3.8) is 0 Å². The van der Waals surface area contributed by atoms with Gasteiger partial charge in [0.15, 0.2) is 0 Å². The number of rotatable bonds is 6. The second-order valence-corrected chi connectivity index (χ2v) is 8.28. The van der Waals surface area contributed by atoms with Gasteiger partial charge >= 0.3 is 0 Å². The van der Waals surface area contributed by atoms with E-state index < -0.39 is 10.0 Å². The summed E-state index contributed by atoms with van der Waals surface area (Å²) in [6.07, 6.45) is 0. The maximum absolute atomic E-state index is 13.2. The van der Waals surface area contributed by atoms with Gasteiger partial charge in [0, 0.05) is 17.8 Å². The minimum absolute atomic E-state index is 0.00106. The first kappa shape index (κ1) is 21.2. The van der Waals surface area contributed by atoms with Gasteiger partial charge in [0.2, 0.25) is 10.0 Å². The molecule has 0 saturated carbocycles. The summed E-state index contributed by atoms with van der Waals surface area (Å²) in [6, 6.07) is 18.3. The summed E-state index contributed by atoms with van der Waals surface area (Å²) in [7, 11) is -3.86. The number of hydrogen-bond donors (Lipinski definition) is 2. The number of carbonyl (C=O) groups is 1. The van der Waals surface area contributed by atoms with Gasteiger partial charge in [-0.3, -0.25) is 4.79 Å². The Morgan fingerprint density at radius 2 is 1.77 bits per heavy atom. The lowest BCUT2D eigenvalue weighted by Crippen LogP contribution is -2.24. The smallest absolute Gasteiger partial charge is 0.255 e. The number of nitrogens with zero attached hydrogens (tertiary/aromatic N) is 1. The average molecular weight is 423 g/mol. The van der Waals surface area contributed by atoms with Crippen molar-refractivity contribution in [2.45, 2.75) is 18.4 Å². The first-order valence-corrected chi connectivity index (χ1v) is 10.4. The first-order chi connectivity index (χ1) is 14.3. The Morgan fingerprint density at radius 3 is 2.43 bits per heavy atom. The molecule has 3 rings (SSSR count). The monoisotopic (exact) mass is 423 g/mol. The number of sulfonamides is 1. The lowest BCUT2D eigenvalue weighted by atomic mass is 10.1. The van der Waals surface area contributed by atoms with Crippen molar-refractivity contribution < 1.29 is 17.6 Å². The van der Waals surface area contributed by atoms with Crippen LogP contribution in [0.25, 0.3) is 0 Å². The molecule has 0 fully saturated rings. The lowest BCUT2D eigenvalue weighted by Gasteiger charge is -2.10. The van der Waals surface area contributed by atoms with Crippen LogP contribution in [0.4, 0.5) is 10.1 Å². The van der Waals surface area contributed by atoms with Gasteiger partial charge in [0.25, 0.3) is 5.91 Å². The average Bonchev–Trinajstić information content (AvgIpc) is 2.74. The molecule has 0 heterocycles. The summed E-state index contributed by atoms with van der Waals surface area (Å²) < 4.78 is 40.6. The number of carbonyl (C=O) groups excluding carboxylic acids is 1. The number of halogens is 1. The number of hydrogen-bond acceptors (Lipinski definition) is 4. The Hall–Kier alpha value is -3.54. The number of anilines is 1. The van der Waals surface area contributed by atoms with Crippen LogP contribution in [-0.2, 0) is 16.6 Å². The van der Waals surface area contributed by atoms with Gasteiger partial charge in [-0.15, -0.1) is 0 Å². The molecule has 0 aliphatic rings. The second kappa shape index (κ2) is 8.86. The number of aryl methyl sites for hydroxylation is 1. The van der Waals surface area contributed by atoms with Gasteiger partial charge in [-0.2, -0.15) is 5.26 Å². The predicted octanol–water partition coefficient (Wildman–Crippen LogP) is 3.74. The highest BCUT2D eigenvalue weighted by molar-refractivity contribution is 7.89. The Kier molecular flexibility index (Phi) is 6.26. The first-order valence-electron chi connectivity index (χ1n) is 8.95. The van der Waals surface area contributed by atoms with E-state index in [1.807, 2.05) is 6.07 Å². The predicted molar refractivity (Wildman–Crippen MR) is 111 cm³/mol. The van der Waals surface area contributed by atoms with Crippen LogP contribution in [-0.4, -0.2) is 14.3 Å². The molecule has 3 aromatic rings. The maximum atomic E-state index is 13.2. The topological polar surface area (TPSA) is 99.1 Å². The van der Waals surface area contributed by atoms with Crippen molar-refractivity contribution in [2.75, 3.05) is 5.32 Å². The summed E-state index contributed by atoms with van der Waals surface area (Å²) in [5.41, 5.74) is 2.19. The molecule has 8 heteroatoms. The van der Waals surface area contributed by atoms with Gasteiger partial charge in [-0.05, 0) is 60.5 Å². The molecule has 0 aliphatic carbocycles. The SMILES string of the molecule is Cc1cc(F)ccc1NC(=O)c1ccc(CNS(=O)(=O)c2ccccc2C#N)cc1. The van der Waals surface area contributed by atoms with E-state index in [0.717, 1.165) is 0 Å². The molecular weight excluding hydrogens is 405 g/mol. The highest BCUT2D eigenvalue weighted by atomic mass is 32.2. The summed E-state index contributed by atoms with van der Waals surface area (Å²) in [4.78, 5) is 12.3. The Morgan fingerprint density at radius 1 is 1.07 bits per heavy atom. The molecule has 6 nitrogen and oxygen atoms in total. The van der Waals surface area contributed by atoms with Crippen molar-refractivity contribution in [1.82, 2.24) is 4.72 Å². The minimum Gasteiger partial charge on any atom is -0.322 e. The summed E-state index contributed by atoms with van der Waals surface area (Å²) >= 11 is 0. The Labute approximate surface area is 174 Å². The van der Waals surface area contributed by atoms with E-state index in [0.29, 0.717) is 22.4 Å². The lowest BCUT2D eigenvalue weighted by molar-refractivity contribution is 0.102. The van der Waals surface area contributed by atoms with Crippen LogP contribution < -0.4 is 10.0 Å². The molecule has 0 aromatic heterocycles. The second-order valence-electron chi connectivity index (χ2n) is 6.54. The maximum Gasteiger partial charge on any atom is 0.255 e. The molecule has 152 valence electrons. The van der Waals surface area contributed by atoms with Crippen molar-refractivity contribution >= 4 is 21.6 Å². The van der Waals surface area contributed by atoms with E-state index in [1.165, 1.54) is 30.3 Å². The van der Waals surface area contributed by atoms with Crippen molar-refractivity contribution in [3.05, 3.63) is 94.8 Å². The Bertz CT molecular complexity index is 1230. The van der Waals surface area contributed by atoms with E-state index in [9.17, 15) is 17.6 Å². The van der Waals surface area contributed by atoms with Gasteiger partial charge in [-0.25, -0.2) is 17.5 Å². The molecule has 0 bridgehead atoms. The zero-order valence-electron chi connectivity index (χ0n) is 16.0. The van der Waals surface area contributed by atoms with Crippen LogP contribution in [0.2, 0.25) is 0 Å². The number of amides is 1. The van der Waals surface area contributed by atoms with Crippen LogP contribution in [0.15, 0.2) is 71.6 Å². The molecular formula is C22H18FN3O3S. The molecule has 0 saturated heterocycles. The molecule has 0 unspecified atom stereocenters. The van der Waals surface area contributed by atoms with Crippen LogP contribution >= 0.6 is 0 Å². The fourth-order valence-corrected chi connectivity index (χ4v) is 3.96. The van der Waals surface area contributed by atoms with Gasteiger partial charge < -0.3 is 5.32 Å². The summed E-state index contributed by atoms with van der Waals surface area (Å²) in [6.45, 7) is 1.69. The van der Waals surface area contributed by atoms with Crippen LogP contribution in [0, 0.1) is 24.1 Å². The molecule has 0 spiro atoms. The fraction of sp³-hybridized carbons (Fsp3) is 0.0909. The molecule has 1 amide bonds. The van der Waals surface area contributed by atoms with E-state index in [1.54, 1.807) is 43.3 Å². The molecule has 30 heavy (non-hydrogen) atoms. The van der Waals surface area contributed by atoms with E-state index >= 15 is 0 Å². The third-order valence-electron chi connectivity index (χ3n) is 4.42. The van der Waals surface area contributed by atoms with E-state index in [-0.39, 0.29) is 28.7 Å². The van der Waals surface area contributed by atoms with Crippen molar-refractivity contribution in [3.8, 4) is 6.07 Å². The normalized spacial score (nSPS) is 11.0. The zero-order valence-corrected chi connectivity index (χ0v) is 16.8. The molecule has 0 atom stereocenters. The third-order valence-corrected chi connectivity index (χ3v) is 5.88. The minimum atomic E-state index is -3.86. The quantitative estimate of drug-likeness (QED) is 0.631. The van der Waals surface area contributed by atoms with Crippen LogP contribution in [0.5, 0.6) is 0 Å². The summed E-state index contributed by atoms with van der Waals surface area (Å²) in [5.74, 6) is -0.741. The number of nitrogens with one attached hydrogen (secondary N) is 2. The highest BCUT2D eigenvalue weighted by Crippen LogP contribution is 2.18. The third kappa shape index (κ3) is 4.89. The Balaban J connectivity index is 1.67. The van der Waals surface area contributed by atoms with Crippen molar-refractivity contribution in [2.24, 2.45) is 0 Å². The van der Waals surface area contributed by atoms with Crippen LogP contribution in [0.1, 0.15) is 27.0 Å². The zero-order chi connectivity index (χ0) is 21.7.